The van der Waals surface area contributed by atoms with Crippen molar-refractivity contribution in [3.8, 4) is 17.2 Å². The van der Waals surface area contributed by atoms with Gasteiger partial charge in [0.1, 0.15) is 11.9 Å². The minimum absolute atomic E-state index is 0.234. The van der Waals surface area contributed by atoms with Crippen molar-refractivity contribution >= 4 is 24.1 Å². The van der Waals surface area contributed by atoms with Crippen molar-refractivity contribution in [1.29, 1.82) is 5.26 Å². The first kappa shape index (κ1) is 23.1. The molecule has 2 amide bonds. The first-order chi connectivity index (χ1) is 14.7. The number of alkyl halides is 2. The van der Waals surface area contributed by atoms with Crippen LogP contribution in [0.5, 0.6) is 0 Å². The van der Waals surface area contributed by atoms with E-state index in [1.807, 2.05) is 0 Å². The van der Waals surface area contributed by atoms with E-state index >= 15 is 0 Å². The molecular weight excluding hydrogens is 414 g/mol. The molecule has 0 unspecified atom stereocenters. The van der Waals surface area contributed by atoms with Crippen LogP contribution in [0.25, 0.3) is 11.1 Å². The first-order valence-electron chi connectivity index (χ1n) is 8.81. The van der Waals surface area contributed by atoms with E-state index in [-0.39, 0.29) is 12.0 Å². The molecule has 0 bridgehead atoms. The average Bonchev–Trinajstić information content (AvgIpc) is 3.07. The second-order valence-electron chi connectivity index (χ2n) is 6.41. The van der Waals surface area contributed by atoms with E-state index < -0.39 is 43.3 Å². The lowest BCUT2D eigenvalue weighted by atomic mass is 10.0. The van der Waals surface area contributed by atoms with Gasteiger partial charge in [0.05, 0.1) is 24.7 Å². The van der Waals surface area contributed by atoms with Crippen LogP contribution in [0.3, 0.4) is 0 Å². The Balaban J connectivity index is 0.00000107. The number of nitrogens with one attached hydrogen (secondary N) is 1. The minimum Gasteiger partial charge on any atom is -0.483 e. The maximum Gasteiger partial charge on any atom is 0.290 e. The summed E-state index contributed by atoms with van der Waals surface area (Å²) in [6, 6.07) is 5.19. The molecule has 1 aliphatic heterocycles. The molecule has 1 aliphatic rings. The number of rotatable bonds is 4. The molecule has 0 aliphatic carbocycles. The summed E-state index contributed by atoms with van der Waals surface area (Å²) in [7, 11) is 0. The van der Waals surface area contributed by atoms with E-state index in [1.54, 1.807) is 18.2 Å². The van der Waals surface area contributed by atoms with Gasteiger partial charge in [0.15, 0.2) is 0 Å². The number of hydrogen-bond acceptors (Lipinski definition) is 7. The molecule has 162 valence electrons. The van der Waals surface area contributed by atoms with Crippen molar-refractivity contribution in [2.45, 2.75) is 18.4 Å². The summed E-state index contributed by atoms with van der Waals surface area (Å²) < 4.78 is 26.9. The van der Waals surface area contributed by atoms with Gasteiger partial charge >= 0.3 is 0 Å². The molecule has 12 heteroatoms. The van der Waals surface area contributed by atoms with Gasteiger partial charge < -0.3 is 21.1 Å². The highest BCUT2D eigenvalue weighted by Gasteiger charge is 2.47. The van der Waals surface area contributed by atoms with Gasteiger partial charge in [-0.05, 0) is 18.2 Å². The average molecular weight is 432 g/mol. The molecule has 0 aromatic carbocycles. The number of amides is 2. The third-order valence-corrected chi connectivity index (χ3v) is 4.30. The summed E-state index contributed by atoms with van der Waals surface area (Å²) in [6.07, 6.45) is 3.66. The number of carboxylic acid groups (broad SMARTS) is 1. The van der Waals surface area contributed by atoms with Crippen LogP contribution in [-0.2, 0) is 9.59 Å². The third kappa shape index (κ3) is 5.92. The number of anilines is 1. The van der Waals surface area contributed by atoms with Crippen molar-refractivity contribution in [1.82, 2.24) is 20.2 Å². The number of nitrogens with zero attached hydrogens (tertiary/aromatic N) is 4. The molecule has 1 atom stereocenters. The predicted octanol–water partition coefficient (Wildman–Crippen LogP) is 0.916. The quantitative estimate of drug-likeness (QED) is 0.601. The monoisotopic (exact) mass is 432 g/mol. The van der Waals surface area contributed by atoms with Crippen LogP contribution in [0.2, 0.25) is 0 Å². The highest BCUT2D eigenvalue weighted by Crippen LogP contribution is 2.31. The number of hydrogen-bond donors (Lipinski definition) is 3. The van der Waals surface area contributed by atoms with Gasteiger partial charge in [0.25, 0.3) is 18.3 Å². The van der Waals surface area contributed by atoms with Crippen LogP contribution < -0.4 is 11.1 Å². The number of carbonyl (C=O) groups is 3. The van der Waals surface area contributed by atoms with Gasteiger partial charge in [-0.3, -0.25) is 19.4 Å². The number of pyridine rings is 2. The fourth-order valence-corrected chi connectivity index (χ4v) is 2.93. The van der Waals surface area contributed by atoms with Crippen LogP contribution in [0.15, 0.2) is 36.8 Å². The Morgan fingerprint density at radius 2 is 2.10 bits per heavy atom. The maximum atomic E-state index is 13.5. The fourth-order valence-electron chi connectivity index (χ4n) is 2.93. The summed E-state index contributed by atoms with van der Waals surface area (Å²) in [5.74, 6) is -4.12. The normalized spacial score (nSPS) is 16.4. The number of nitrogen functional groups attached to an aromatic ring is 1. The van der Waals surface area contributed by atoms with Crippen molar-refractivity contribution in [3.05, 3.63) is 42.4 Å². The van der Waals surface area contributed by atoms with Crippen molar-refractivity contribution in [3.63, 3.8) is 0 Å². The van der Waals surface area contributed by atoms with Gasteiger partial charge in [-0.2, -0.15) is 5.26 Å². The van der Waals surface area contributed by atoms with E-state index in [1.165, 1.54) is 24.7 Å². The molecule has 31 heavy (non-hydrogen) atoms. The molecule has 10 nitrogen and oxygen atoms in total. The zero-order chi connectivity index (χ0) is 23.0. The molecule has 4 N–H and O–H groups in total. The lowest BCUT2D eigenvalue weighted by Crippen LogP contribution is -2.43. The lowest BCUT2D eigenvalue weighted by Gasteiger charge is -2.19. The zero-order valence-electron chi connectivity index (χ0n) is 16.0. The van der Waals surface area contributed by atoms with Crippen LogP contribution in [-0.4, -0.2) is 63.3 Å². The maximum absolute atomic E-state index is 13.5. The lowest BCUT2D eigenvalue weighted by molar-refractivity contribution is -0.131. The predicted molar refractivity (Wildman–Crippen MR) is 104 cm³/mol. The molecule has 3 heterocycles. The van der Waals surface area contributed by atoms with E-state index in [0.717, 1.165) is 4.90 Å². The highest BCUT2D eigenvalue weighted by atomic mass is 19.3. The van der Waals surface area contributed by atoms with E-state index in [2.05, 4.69) is 15.3 Å². The minimum atomic E-state index is -3.11. The van der Waals surface area contributed by atoms with Crippen LogP contribution in [0.1, 0.15) is 16.8 Å². The SMILES string of the molecule is N#C[C@@H]1CC(F)(F)CN1C(=O)CNC(=O)c1ccncc1-c1ccc(N)nc1.O=CO. The Kier molecular flexibility index (Phi) is 7.51. The molecule has 0 radical (unpaired) electrons. The third-order valence-electron chi connectivity index (χ3n) is 4.30. The van der Waals surface area contributed by atoms with Crippen LogP contribution in [0.4, 0.5) is 14.6 Å². The number of likely N-dealkylation sites (tertiary alicyclic amines) is 1. The topological polar surface area (TPSA) is 162 Å². The second-order valence-corrected chi connectivity index (χ2v) is 6.41. The standard InChI is InChI=1S/C18H16F2N6O2.CH2O2/c19-18(20)5-12(6-21)26(10-18)16(27)9-25-17(28)13-3-4-23-8-14(13)11-1-2-15(22)24-7-11;2-1-3/h1-4,7-8,12H,5,9-10H2,(H2,22,24)(H,25,28);1H,(H,2,3)/t12-;/m0./s1. The van der Waals surface area contributed by atoms with Crippen LogP contribution in [0, 0.1) is 11.3 Å². The number of aromatic nitrogens is 2. The van der Waals surface area contributed by atoms with E-state index in [0.29, 0.717) is 16.9 Å². The van der Waals surface area contributed by atoms with Crippen molar-refractivity contribution in [2.75, 3.05) is 18.8 Å². The number of nitriles is 1. The highest BCUT2D eigenvalue weighted by molar-refractivity contribution is 6.02. The molecular formula is C19H18F2N6O4. The molecule has 2 aromatic heterocycles. The largest absolute Gasteiger partial charge is 0.483 e. The van der Waals surface area contributed by atoms with Crippen LogP contribution >= 0.6 is 0 Å². The molecule has 2 aromatic rings. The first-order valence-corrected chi connectivity index (χ1v) is 8.81. The van der Waals surface area contributed by atoms with Gasteiger partial charge in [0, 0.05) is 36.1 Å². The molecule has 1 fully saturated rings. The summed E-state index contributed by atoms with van der Waals surface area (Å²) in [4.78, 5) is 41.9. The molecule has 3 rings (SSSR count). The smallest absolute Gasteiger partial charge is 0.290 e. The molecule has 0 saturated carbocycles. The summed E-state index contributed by atoms with van der Waals surface area (Å²) in [5, 5.41) is 18.3. The number of nitrogens with two attached hydrogens (primary N) is 1. The second kappa shape index (κ2) is 10.1. The molecule has 1 saturated heterocycles. The Hall–Kier alpha value is -4.14. The summed E-state index contributed by atoms with van der Waals surface area (Å²) in [6.45, 7) is -1.59. The van der Waals surface area contributed by atoms with E-state index in [4.69, 9.17) is 20.9 Å². The van der Waals surface area contributed by atoms with E-state index in [9.17, 15) is 18.4 Å². The fraction of sp³-hybridized carbons (Fsp3) is 0.263. The Morgan fingerprint density at radius 1 is 1.39 bits per heavy atom. The van der Waals surface area contributed by atoms with Gasteiger partial charge in [0.2, 0.25) is 5.91 Å². The van der Waals surface area contributed by atoms with Gasteiger partial charge in [-0.1, -0.05) is 0 Å². The number of carbonyl (C=O) groups excluding carboxylic acids is 2. The Morgan fingerprint density at radius 3 is 2.71 bits per heavy atom. The Bertz CT molecular complexity index is 994. The summed E-state index contributed by atoms with van der Waals surface area (Å²) in [5.41, 5.74) is 6.87. The van der Waals surface area contributed by atoms with Gasteiger partial charge in [-0.15, -0.1) is 0 Å². The van der Waals surface area contributed by atoms with Crippen molar-refractivity contribution < 1.29 is 28.3 Å². The summed E-state index contributed by atoms with van der Waals surface area (Å²) >= 11 is 0. The van der Waals surface area contributed by atoms with Gasteiger partial charge in [-0.25, -0.2) is 13.8 Å². The Labute approximate surface area is 175 Å². The number of halogens is 2. The zero-order valence-corrected chi connectivity index (χ0v) is 16.0. The van der Waals surface area contributed by atoms with Crippen molar-refractivity contribution in [2.24, 2.45) is 0 Å². The molecule has 0 spiro atoms.